The summed E-state index contributed by atoms with van der Waals surface area (Å²) in [7, 11) is 0. The molecule has 100 valence electrons. The number of hydrogen-bond acceptors (Lipinski definition) is 2. The zero-order valence-electron chi connectivity index (χ0n) is 10.6. The third-order valence-electron chi connectivity index (χ3n) is 2.98. The summed E-state index contributed by atoms with van der Waals surface area (Å²) in [6.07, 6.45) is 4.01. The van der Waals surface area contributed by atoms with E-state index in [0.29, 0.717) is 18.6 Å². The van der Waals surface area contributed by atoms with Crippen molar-refractivity contribution in [3.8, 4) is 0 Å². The molecule has 19 heavy (non-hydrogen) atoms. The van der Waals surface area contributed by atoms with Crippen molar-refractivity contribution >= 4 is 5.97 Å². The molecule has 1 N–H and O–H groups in total. The van der Waals surface area contributed by atoms with Crippen LogP contribution >= 0.6 is 0 Å². The van der Waals surface area contributed by atoms with Crippen LogP contribution in [0.15, 0.2) is 48.0 Å². The lowest BCUT2D eigenvalue weighted by Crippen LogP contribution is -2.03. The molecule has 0 saturated heterocycles. The fourth-order valence-electron chi connectivity index (χ4n) is 1.92. The van der Waals surface area contributed by atoms with Gasteiger partial charge >= 0.3 is 5.97 Å². The lowest BCUT2D eigenvalue weighted by Gasteiger charge is -2.19. The van der Waals surface area contributed by atoms with Crippen LogP contribution in [0.5, 0.6) is 0 Å². The number of carboxylic acid groups (broad SMARTS) is 1. The molecule has 4 heteroatoms. The Bertz CT molecular complexity index is 529. The number of aromatic carboxylic acids is 1. The number of halogens is 1. The molecule has 3 nitrogen and oxygen atoms in total. The largest absolute Gasteiger partial charge is 0.490 e. The first-order valence-corrected chi connectivity index (χ1v) is 6.12. The van der Waals surface area contributed by atoms with E-state index in [1.54, 1.807) is 12.1 Å². The molecule has 1 aromatic rings. The summed E-state index contributed by atoms with van der Waals surface area (Å²) in [6, 6.07) is 6.49. The maximum Gasteiger partial charge on any atom is 0.335 e. The van der Waals surface area contributed by atoms with Crippen LogP contribution in [0.25, 0.3) is 0 Å². The average Bonchev–Trinajstić information content (AvgIpc) is 2.39. The molecule has 0 aromatic heterocycles. The van der Waals surface area contributed by atoms with Gasteiger partial charge in [0.1, 0.15) is 17.7 Å². The van der Waals surface area contributed by atoms with Crippen LogP contribution in [0.4, 0.5) is 4.39 Å². The predicted octanol–water partition coefficient (Wildman–Crippen LogP) is 3.99. The monoisotopic (exact) mass is 262 g/mol. The molecule has 1 aromatic carbocycles. The molecule has 0 aliphatic heterocycles. The van der Waals surface area contributed by atoms with Gasteiger partial charge < -0.3 is 9.84 Å². The molecule has 0 heterocycles. The van der Waals surface area contributed by atoms with E-state index in [1.807, 2.05) is 6.92 Å². The van der Waals surface area contributed by atoms with Crippen molar-refractivity contribution in [3.63, 3.8) is 0 Å². The third kappa shape index (κ3) is 3.44. The lowest BCUT2D eigenvalue weighted by atomic mass is 10.1. The number of benzene rings is 1. The van der Waals surface area contributed by atoms with Gasteiger partial charge in [0.05, 0.1) is 5.56 Å². The molecular formula is C15H15FO3. The smallest absolute Gasteiger partial charge is 0.335 e. The molecule has 2 rings (SSSR count). The van der Waals surface area contributed by atoms with Gasteiger partial charge in [0, 0.05) is 12.5 Å². The van der Waals surface area contributed by atoms with Crippen LogP contribution in [0.2, 0.25) is 0 Å². The summed E-state index contributed by atoms with van der Waals surface area (Å²) < 4.78 is 18.7. The second kappa shape index (κ2) is 5.69. The Balaban J connectivity index is 2.05. The molecule has 0 amide bonds. The zero-order chi connectivity index (χ0) is 13.8. The van der Waals surface area contributed by atoms with E-state index in [-0.39, 0.29) is 17.5 Å². The molecule has 1 aliphatic carbocycles. The minimum Gasteiger partial charge on any atom is -0.490 e. The van der Waals surface area contributed by atoms with Gasteiger partial charge in [-0.2, -0.15) is 0 Å². The lowest BCUT2D eigenvalue weighted by molar-refractivity contribution is 0.0696. The minimum absolute atomic E-state index is 0.236. The van der Waals surface area contributed by atoms with Crippen molar-refractivity contribution in [2.24, 2.45) is 0 Å². The quantitative estimate of drug-likeness (QED) is 0.892. The Morgan fingerprint density at radius 1 is 1.37 bits per heavy atom. The van der Waals surface area contributed by atoms with E-state index in [9.17, 15) is 9.18 Å². The molecule has 0 radical (unpaired) electrons. The second-order valence-corrected chi connectivity index (χ2v) is 4.43. The van der Waals surface area contributed by atoms with Crippen LogP contribution in [0, 0.1) is 0 Å². The van der Waals surface area contributed by atoms with Crippen molar-refractivity contribution < 1.29 is 19.0 Å². The molecule has 1 unspecified atom stereocenters. The van der Waals surface area contributed by atoms with E-state index in [1.165, 1.54) is 24.3 Å². The van der Waals surface area contributed by atoms with Gasteiger partial charge in [-0.25, -0.2) is 9.18 Å². The van der Waals surface area contributed by atoms with Crippen LogP contribution < -0.4 is 0 Å². The fourth-order valence-corrected chi connectivity index (χ4v) is 1.92. The van der Waals surface area contributed by atoms with Crippen molar-refractivity contribution in [1.29, 1.82) is 0 Å². The highest BCUT2D eigenvalue weighted by Crippen LogP contribution is 2.26. The van der Waals surface area contributed by atoms with Crippen LogP contribution in [0.1, 0.15) is 41.8 Å². The number of allylic oxidation sites excluding steroid dienone is 4. The van der Waals surface area contributed by atoms with Crippen molar-refractivity contribution in [2.75, 3.05) is 0 Å². The topological polar surface area (TPSA) is 46.5 Å². The third-order valence-corrected chi connectivity index (χ3v) is 2.98. The maximum absolute atomic E-state index is 13.1. The number of rotatable bonds is 4. The molecule has 0 spiro atoms. The molecule has 1 aliphatic rings. The number of carboxylic acids is 1. The Hall–Kier alpha value is -2.10. The van der Waals surface area contributed by atoms with Gasteiger partial charge in [-0.15, -0.1) is 0 Å². The van der Waals surface area contributed by atoms with E-state index in [4.69, 9.17) is 9.84 Å². The highest BCUT2D eigenvalue weighted by atomic mass is 19.1. The summed E-state index contributed by atoms with van der Waals surface area (Å²) in [5.74, 6) is -0.605. The van der Waals surface area contributed by atoms with E-state index >= 15 is 0 Å². The van der Waals surface area contributed by atoms with Gasteiger partial charge in [0.25, 0.3) is 0 Å². The Morgan fingerprint density at radius 3 is 2.63 bits per heavy atom. The normalized spacial score (nSPS) is 16.3. The molecule has 0 saturated carbocycles. The van der Waals surface area contributed by atoms with Crippen LogP contribution in [0.3, 0.4) is 0 Å². The maximum atomic E-state index is 13.1. The first kappa shape index (κ1) is 13.3. The van der Waals surface area contributed by atoms with E-state index in [0.717, 1.165) is 5.56 Å². The fraction of sp³-hybridized carbons (Fsp3) is 0.267. The highest BCUT2D eigenvalue weighted by molar-refractivity contribution is 5.87. The Kier molecular flexibility index (Phi) is 4.00. The first-order valence-electron chi connectivity index (χ1n) is 6.12. The molecule has 0 fully saturated rings. The molecule has 0 bridgehead atoms. The SMILES string of the molecule is CC(OC1=CC(F)=CCC1)c1ccc(C(=O)O)cc1. The molecular weight excluding hydrogens is 247 g/mol. The summed E-state index contributed by atoms with van der Waals surface area (Å²) in [5.41, 5.74) is 1.10. The van der Waals surface area contributed by atoms with Crippen LogP contribution in [-0.4, -0.2) is 11.1 Å². The van der Waals surface area contributed by atoms with Crippen molar-refractivity contribution in [2.45, 2.75) is 25.9 Å². The average molecular weight is 262 g/mol. The number of carbonyl (C=O) groups is 1. The van der Waals surface area contributed by atoms with Gasteiger partial charge in [0.15, 0.2) is 0 Å². The summed E-state index contributed by atoms with van der Waals surface area (Å²) >= 11 is 0. The van der Waals surface area contributed by atoms with E-state index in [2.05, 4.69) is 0 Å². The summed E-state index contributed by atoms with van der Waals surface area (Å²) in [4.78, 5) is 10.7. The summed E-state index contributed by atoms with van der Waals surface area (Å²) in [5, 5.41) is 8.82. The summed E-state index contributed by atoms with van der Waals surface area (Å²) in [6.45, 7) is 1.85. The van der Waals surface area contributed by atoms with Gasteiger partial charge in [-0.1, -0.05) is 12.1 Å². The van der Waals surface area contributed by atoms with Gasteiger partial charge in [-0.3, -0.25) is 0 Å². The van der Waals surface area contributed by atoms with Crippen molar-refractivity contribution in [1.82, 2.24) is 0 Å². The zero-order valence-corrected chi connectivity index (χ0v) is 10.6. The van der Waals surface area contributed by atoms with Crippen molar-refractivity contribution in [3.05, 3.63) is 59.1 Å². The standard InChI is InChI=1S/C15H15FO3/c1-10(19-14-4-2-3-13(16)9-14)11-5-7-12(8-6-11)15(17)18/h3,5-10H,2,4H2,1H3,(H,17,18). The number of hydrogen-bond donors (Lipinski definition) is 1. The van der Waals surface area contributed by atoms with E-state index < -0.39 is 5.97 Å². The van der Waals surface area contributed by atoms with Gasteiger partial charge in [0.2, 0.25) is 0 Å². The minimum atomic E-state index is -0.956. The Labute approximate surface area is 111 Å². The highest BCUT2D eigenvalue weighted by Gasteiger charge is 2.12. The number of ether oxygens (including phenoxy) is 1. The molecule has 1 atom stereocenters. The van der Waals surface area contributed by atoms with Crippen LogP contribution in [-0.2, 0) is 4.74 Å². The van der Waals surface area contributed by atoms with Gasteiger partial charge in [-0.05, 0) is 37.1 Å². The Morgan fingerprint density at radius 2 is 2.05 bits per heavy atom. The first-order chi connectivity index (χ1) is 9.06. The predicted molar refractivity (Wildman–Crippen MR) is 69.4 cm³/mol. The second-order valence-electron chi connectivity index (χ2n) is 4.43.